The van der Waals surface area contributed by atoms with Crippen LogP contribution in [0.3, 0.4) is 0 Å². The number of benzene rings is 2. The summed E-state index contributed by atoms with van der Waals surface area (Å²) in [5.74, 6) is -3.14. The Labute approximate surface area is 227 Å². The molecule has 0 unspecified atom stereocenters. The summed E-state index contributed by atoms with van der Waals surface area (Å²) in [6.45, 7) is 3.89. The number of carbonyl (C=O) groups is 3. The summed E-state index contributed by atoms with van der Waals surface area (Å²) >= 11 is 0. The Balaban J connectivity index is 1.33. The summed E-state index contributed by atoms with van der Waals surface area (Å²) in [5.41, 5.74) is 1.83. The van der Waals surface area contributed by atoms with Crippen molar-refractivity contribution in [1.29, 1.82) is 0 Å². The third-order valence-corrected chi connectivity index (χ3v) is 8.95. The standard InChI is InChI=1S/C31H34FN3O4/c1-18-12-13-22(16-19(18)2)34-28(36)25-24-14-15-31(39-24)26(25)30(38)35(17-20-8-6-7-11-23(20)32)27(31)29(37)33-21-9-4-3-5-10-21/h6-8,11-16,21,24-27H,3-5,9-10,17H2,1-2H3,(H,33,37)(H,34,36)/t24-,25+,26-,27-,31-/m0/s1. The summed E-state index contributed by atoms with van der Waals surface area (Å²) in [6, 6.07) is 10.9. The van der Waals surface area contributed by atoms with E-state index in [0.29, 0.717) is 11.3 Å². The fraction of sp³-hybridized carbons (Fsp3) is 0.452. The fourth-order valence-corrected chi connectivity index (χ4v) is 6.82. The third kappa shape index (κ3) is 4.35. The smallest absolute Gasteiger partial charge is 0.246 e. The Morgan fingerprint density at radius 3 is 2.56 bits per heavy atom. The van der Waals surface area contributed by atoms with Crippen LogP contribution in [0.4, 0.5) is 10.1 Å². The minimum atomic E-state index is -1.28. The van der Waals surface area contributed by atoms with Crippen molar-refractivity contribution in [1.82, 2.24) is 10.2 Å². The number of ether oxygens (including phenoxy) is 1. The fourth-order valence-electron chi connectivity index (χ4n) is 6.82. The quantitative estimate of drug-likeness (QED) is 0.548. The first-order valence-electron chi connectivity index (χ1n) is 13.9. The van der Waals surface area contributed by atoms with E-state index in [2.05, 4.69) is 10.6 Å². The number of carbonyl (C=O) groups excluding carboxylic acids is 3. The first-order chi connectivity index (χ1) is 18.8. The number of nitrogens with one attached hydrogen (secondary N) is 2. The molecule has 1 aliphatic carbocycles. The molecule has 0 aromatic heterocycles. The molecule has 3 amide bonds. The van der Waals surface area contributed by atoms with Gasteiger partial charge in [-0.25, -0.2) is 4.39 Å². The Bertz CT molecular complexity index is 1350. The number of hydrogen-bond acceptors (Lipinski definition) is 4. The van der Waals surface area contributed by atoms with Crippen LogP contribution in [0.15, 0.2) is 54.6 Å². The second-order valence-electron chi connectivity index (χ2n) is 11.4. The van der Waals surface area contributed by atoms with Gasteiger partial charge in [-0.15, -0.1) is 0 Å². The normalized spacial score (nSPS) is 29.5. The molecule has 1 spiro atoms. The van der Waals surface area contributed by atoms with Crippen LogP contribution >= 0.6 is 0 Å². The second kappa shape index (κ2) is 9.90. The maximum Gasteiger partial charge on any atom is 0.246 e. The minimum absolute atomic E-state index is 0.0265. The second-order valence-corrected chi connectivity index (χ2v) is 11.4. The van der Waals surface area contributed by atoms with Gasteiger partial charge in [-0.1, -0.05) is 55.7 Å². The molecule has 3 aliphatic heterocycles. The Kier molecular flexibility index (Phi) is 6.53. The topological polar surface area (TPSA) is 87.7 Å². The third-order valence-electron chi connectivity index (χ3n) is 8.95. The van der Waals surface area contributed by atoms with E-state index < -0.39 is 35.4 Å². The summed E-state index contributed by atoms with van der Waals surface area (Å²) in [6.07, 6.45) is 7.96. The number of halogens is 1. The van der Waals surface area contributed by atoms with E-state index in [1.807, 2.05) is 32.0 Å². The van der Waals surface area contributed by atoms with Crippen LogP contribution in [0.25, 0.3) is 0 Å². The van der Waals surface area contributed by atoms with Crippen molar-refractivity contribution in [2.24, 2.45) is 11.8 Å². The van der Waals surface area contributed by atoms with E-state index in [1.165, 1.54) is 11.0 Å². The Morgan fingerprint density at radius 2 is 1.82 bits per heavy atom. The molecule has 2 N–H and O–H groups in total. The molecule has 3 fully saturated rings. The molecule has 2 aromatic carbocycles. The van der Waals surface area contributed by atoms with Gasteiger partial charge in [-0.3, -0.25) is 14.4 Å². The van der Waals surface area contributed by atoms with Crippen LogP contribution in [-0.2, 0) is 25.7 Å². The number of fused-ring (bicyclic) bond motifs is 1. The lowest BCUT2D eigenvalue weighted by molar-refractivity contribution is -0.142. The number of rotatable bonds is 6. The molecule has 4 aliphatic rings. The number of aryl methyl sites for hydroxylation is 2. The number of hydrogen-bond donors (Lipinski definition) is 2. The van der Waals surface area contributed by atoms with Crippen molar-refractivity contribution in [3.8, 4) is 0 Å². The summed E-state index contributed by atoms with van der Waals surface area (Å²) in [5, 5.41) is 6.12. The van der Waals surface area contributed by atoms with Gasteiger partial charge in [0.15, 0.2) is 0 Å². The molecule has 39 heavy (non-hydrogen) atoms. The molecule has 2 aromatic rings. The molecular weight excluding hydrogens is 497 g/mol. The lowest BCUT2D eigenvalue weighted by Crippen LogP contribution is -2.56. The van der Waals surface area contributed by atoms with Crippen LogP contribution in [0.5, 0.6) is 0 Å². The predicted octanol–water partition coefficient (Wildman–Crippen LogP) is 4.18. The van der Waals surface area contributed by atoms with Crippen molar-refractivity contribution in [3.63, 3.8) is 0 Å². The molecule has 1 saturated carbocycles. The highest BCUT2D eigenvalue weighted by molar-refractivity contribution is 6.02. The van der Waals surface area contributed by atoms with Gasteiger partial charge in [0.25, 0.3) is 0 Å². The van der Waals surface area contributed by atoms with Crippen LogP contribution in [-0.4, -0.2) is 46.4 Å². The van der Waals surface area contributed by atoms with E-state index >= 15 is 0 Å². The average molecular weight is 532 g/mol. The zero-order valence-electron chi connectivity index (χ0n) is 22.3. The first-order valence-corrected chi connectivity index (χ1v) is 13.9. The zero-order valence-corrected chi connectivity index (χ0v) is 22.3. The number of likely N-dealkylation sites (tertiary alicyclic amines) is 1. The van der Waals surface area contributed by atoms with E-state index in [-0.39, 0.29) is 30.3 Å². The molecule has 2 saturated heterocycles. The molecule has 6 rings (SSSR count). The summed E-state index contributed by atoms with van der Waals surface area (Å²) < 4.78 is 21.1. The minimum Gasteiger partial charge on any atom is -0.359 e. The van der Waals surface area contributed by atoms with Gasteiger partial charge >= 0.3 is 0 Å². The van der Waals surface area contributed by atoms with Crippen molar-refractivity contribution in [2.75, 3.05) is 5.32 Å². The highest BCUT2D eigenvalue weighted by atomic mass is 19.1. The lowest BCUT2D eigenvalue weighted by Gasteiger charge is -2.34. The summed E-state index contributed by atoms with van der Waals surface area (Å²) in [4.78, 5) is 43.0. The highest BCUT2D eigenvalue weighted by Crippen LogP contribution is 2.55. The first kappa shape index (κ1) is 25.7. The van der Waals surface area contributed by atoms with Gasteiger partial charge in [-0.05, 0) is 56.0 Å². The molecule has 7 nitrogen and oxygen atoms in total. The zero-order chi connectivity index (χ0) is 27.3. The maximum atomic E-state index is 14.7. The van der Waals surface area contributed by atoms with Gasteiger partial charge in [0.05, 0.1) is 17.9 Å². The van der Waals surface area contributed by atoms with E-state index in [4.69, 9.17) is 4.74 Å². The Hall–Kier alpha value is -3.52. The molecule has 0 radical (unpaired) electrons. The van der Waals surface area contributed by atoms with Crippen LogP contribution in [0, 0.1) is 31.5 Å². The van der Waals surface area contributed by atoms with Crippen molar-refractivity contribution >= 4 is 23.4 Å². The highest BCUT2D eigenvalue weighted by Gasteiger charge is 2.72. The molecular formula is C31H34FN3O4. The monoisotopic (exact) mass is 531 g/mol. The van der Waals surface area contributed by atoms with Gasteiger partial charge in [-0.2, -0.15) is 0 Å². The van der Waals surface area contributed by atoms with Crippen LogP contribution < -0.4 is 10.6 Å². The molecule has 2 bridgehead atoms. The van der Waals surface area contributed by atoms with Crippen molar-refractivity contribution in [3.05, 3.63) is 77.1 Å². The largest absolute Gasteiger partial charge is 0.359 e. The van der Waals surface area contributed by atoms with E-state index in [9.17, 15) is 18.8 Å². The predicted molar refractivity (Wildman–Crippen MR) is 144 cm³/mol. The van der Waals surface area contributed by atoms with Crippen molar-refractivity contribution in [2.45, 2.75) is 76.3 Å². The van der Waals surface area contributed by atoms with Crippen LogP contribution in [0.1, 0.15) is 48.8 Å². The molecule has 3 heterocycles. The van der Waals surface area contributed by atoms with Gasteiger partial charge in [0.1, 0.15) is 17.5 Å². The number of nitrogens with zero attached hydrogens (tertiary/aromatic N) is 1. The SMILES string of the molecule is Cc1ccc(NC(=O)[C@@H]2[C@@H]3C=C[C@]4(O3)[C@@H]2C(=O)N(Cc2ccccc2F)[C@H]4C(=O)NC2CCCCC2)cc1C. The molecule has 204 valence electrons. The average Bonchev–Trinajstić information content (AvgIpc) is 3.56. The Morgan fingerprint density at radius 1 is 1.05 bits per heavy atom. The molecule has 8 heteroatoms. The van der Waals surface area contributed by atoms with E-state index in [1.54, 1.807) is 30.4 Å². The molecule has 5 atom stereocenters. The van der Waals surface area contributed by atoms with Gasteiger partial charge in [0.2, 0.25) is 17.7 Å². The van der Waals surface area contributed by atoms with E-state index in [0.717, 1.165) is 43.2 Å². The lowest BCUT2D eigenvalue weighted by atomic mass is 9.74. The van der Waals surface area contributed by atoms with Crippen LogP contribution in [0.2, 0.25) is 0 Å². The van der Waals surface area contributed by atoms with Gasteiger partial charge < -0.3 is 20.3 Å². The van der Waals surface area contributed by atoms with Crippen molar-refractivity contribution < 1.29 is 23.5 Å². The number of anilines is 1. The van der Waals surface area contributed by atoms with Gasteiger partial charge in [0, 0.05) is 23.8 Å². The summed E-state index contributed by atoms with van der Waals surface area (Å²) in [7, 11) is 0. The maximum absolute atomic E-state index is 14.7. The number of amides is 3.